The van der Waals surface area contributed by atoms with Gasteiger partial charge < -0.3 is 9.84 Å². The Morgan fingerprint density at radius 3 is 2.91 bits per heavy atom. The van der Waals surface area contributed by atoms with Crippen molar-refractivity contribution < 1.29 is 14.6 Å². The Kier molecular flexibility index (Phi) is 5.41. The van der Waals surface area contributed by atoms with Gasteiger partial charge in [-0.15, -0.1) is 0 Å². The number of methoxy groups -OCH3 is 1. The van der Waals surface area contributed by atoms with E-state index in [1.807, 2.05) is 0 Å². The predicted octanol–water partition coefficient (Wildman–Crippen LogP) is 3.58. The Labute approximate surface area is 140 Å². The molecule has 2 N–H and O–H groups in total. The molecule has 0 saturated carbocycles. The fraction of sp³-hybridized carbons (Fsp3) is 0.0667. The number of hydrazone groups is 1. The van der Waals surface area contributed by atoms with Crippen LogP contribution in [0, 0.1) is 0 Å². The molecule has 0 atom stereocenters. The van der Waals surface area contributed by atoms with Crippen molar-refractivity contribution in [2.75, 3.05) is 7.11 Å². The average Bonchev–Trinajstić information content (AvgIpc) is 2.51. The number of benzene rings is 2. The molecular weight excluding hydrogens is 372 g/mol. The molecule has 0 aliphatic carbocycles. The van der Waals surface area contributed by atoms with Crippen LogP contribution in [0.25, 0.3) is 0 Å². The molecule has 0 saturated heterocycles. The fourth-order valence-corrected chi connectivity index (χ4v) is 2.51. The molecule has 0 aliphatic rings. The van der Waals surface area contributed by atoms with Crippen molar-refractivity contribution >= 4 is 39.7 Å². The SMILES string of the molecule is COc1cccc(C(=O)N/N=C/c2cc(Cl)cc(Br)c2O)c1. The molecule has 0 heterocycles. The van der Waals surface area contributed by atoms with E-state index >= 15 is 0 Å². The van der Waals surface area contributed by atoms with Crippen LogP contribution in [-0.2, 0) is 0 Å². The number of carbonyl (C=O) groups excluding carboxylic acids is 1. The molecular formula is C15H12BrClN2O3. The van der Waals surface area contributed by atoms with Crippen LogP contribution in [0.1, 0.15) is 15.9 Å². The summed E-state index contributed by atoms with van der Waals surface area (Å²) < 4.78 is 5.49. The van der Waals surface area contributed by atoms with Gasteiger partial charge in [-0.05, 0) is 46.3 Å². The molecule has 0 unspecified atom stereocenters. The second-order valence-corrected chi connectivity index (χ2v) is 5.55. The highest BCUT2D eigenvalue weighted by Gasteiger charge is 2.07. The zero-order valence-electron chi connectivity index (χ0n) is 11.5. The number of amides is 1. The van der Waals surface area contributed by atoms with E-state index < -0.39 is 5.91 Å². The van der Waals surface area contributed by atoms with Gasteiger partial charge in [0.25, 0.3) is 5.91 Å². The standard InChI is InChI=1S/C15H12BrClN2O3/c1-22-12-4-2-3-9(6-12)15(21)19-18-8-10-5-11(17)7-13(16)14(10)20/h2-8,20H,1H3,(H,19,21)/b18-8+. The molecule has 2 aromatic rings. The maximum absolute atomic E-state index is 11.9. The third-order valence-electron chi connectivity index (χ3n) is 2.76. The number of phenols is 1. The maximum atomic E-state index is 11.9. The van der Waals surface area contributed by atoms with Crippen LogP contribution < -0.4 is 10.2 Å². The smallest absolute Gasteiger partial charge is 0.271 e. The Morgan fingerprint density at radius 1 is 1.41 bits per heavy atom. The van der Waals surface area contributed by atoms with Gasteiger partial charge in [-0.3, -0.25) is 4.79 Å². The van der Waals surface area contributed by atoms with Crippen LogP contribution in [0.3, 0.4) is 0 Å². The zero-order valence-corrected chi connectivity index (χ0v) is 13.9. The minimum absolute atomic E-state index is 0.0104. The first-order chi connectivity index (χ1) is 10.5. The van der Waals surface area contributed by atoms with Crippen molar-refractivity contribution in [3.05, 3.63) is 57.0 Å². The van der Waals surface area contributed by atoms with Crippen molar-refractivity contribution in [2.24, 2.45) is 5.10 Å². The molecule has 7 heteroatoms. The first kappa shape index (κ1) is 16.3. The van der Waals surface area contributed by atoms with Crippen LogP contribution in [0.4, 0.5) is 0 Å². The topological polar surface area (TPSA) is 70.9 Å². The van der Waals surface area contributed by atoms with Gasteiger partial charge in [0.2, 0.25) is 0 Å². The molecule has 0 aliphatic heterocycles. The van der Waals surface area contributed by atoms with Crippen molar-refractivity contribution in [1.82, 2.24) is 5.43 Å². The second kappa shape index (κ2) is 7.29. The van der Waals surface area contributed by atoms with E-state index in [9.17, 15) is 9.90 Å². The summed E-state index contributed by atoms with van der Waals surface area (Å²) in [6.45, 7) is 0. The third kappa shape index (κ3) is 3.99. The lowest BCUT2D eigenvalue weighted by molar-refractivity contribution is 0.0955. The Balaban J connectivity index is 2.10. The normalized spacial score (nSPS) is 10.7. The number of nitrogens with one attached hydrogen (secondary N) is 1. The van der Waals surface area contributed by atoms with E-state index in [1.165, 1.54) is 19.4 Å². The summed E-state index contributed by atoms with van der Waals surface area (Å²) >= 11 is 9.06. The average molecular weight is 384 g/mol. The Hall–Kier alpha value is -2.05. The number of rotatable bonds is 4. The second-order valence-electron chi connectivity index (χ2n) is 4.26. The number of nitrogens with zero attached hydrogens (tertiary/aromatic N) is 1. The molecule has 22 heavy (non-hydrogen) atoms. The van der Waals surface area contributed by atoms with Gasteiger partial charge in [0, 0.05) is 16.1 Å². The van der Waals surface area contributed by atoms with Crippen LogP contribution in [-0.4, -0.2) is 24.3 Å². The monoisotopic (exact) mass is 382 g/mol. The minimum Gasteiger partial charge on any atom is -0.506 e. The van der Waals surface area contributed by atoms with E-state index in [-0.39, 0.29) is 5.75 Å². The first-order valence-corrected chi connectivity index (χ1v) is 7.34. The van der Waals surface area contributed by atoms with E-state index in [0.29, 0.717) is 26.4 Å². The fourth-order valence-electron chi connectivity index (χ4n) is 1.67. The molecule has 0 radical (unpaired) electrons. The molecule has 5 nitrogen and oxygen atoms in total. The number of hydrogen-bond donors (Lipinski definition) is 2. The van der Waals surface area contributed by atoms with E-state index in [2.05, 4.69) is 26.5 Å². The van der Waals surface area contributed by atoms with E-state index in [1.54, 1.807) is 30.3 Å². The molecule has 0 spiro atoms. The quantitative estimate of drug-likeness (QED) is 0.626. The summed E-state index contributed by atoms with van der Waals surface area (Å²) in [5, 5.41) is 14.1. The van der Waals surface area contributed by atoms with Crippen molar-refractivity contribution in [1.29, 1.82) is 0 Å². The van der Waals surface area contributed by atoms with E-state index in [4.69, 9.17) is 16.3 Å². The molecule has 2 aromatic carbocycles. The lowest BCUT2D eigenvalue weighted by Gasteiger charge is -2.04. The van der Waals surface area contributed by atoms with Gasteiger partial charge in [-0.25, -0.2) is 5.43 Å². The largest absolute Gasteiger partial charge is 0.506 e. The highest BCUT2D eigenvalue weighted by atomic mass is 79.9. The molecule has 1 amide bonds. The lowest BCUT2D eigenvalue weighted by atomic mass is 10.2. The Morgan fingerprint density at radius 2 is 2.18 bits per heavy atom. The van der Waals surface area contributed by atoms with E-state index in [0.717, 1.165) is 0 Å². The number of hydrogen-bond acceptors (Lipinski definition) is 4. The lowest BCUT2D eigenvalue weighted by Crippen LogP contribution is -2.17. The summed E-state index contributed by atoms with van der Waals surface area (Å²) in [5.41, 5.74) is 3.16. The van der Waals surface area contributed by atoms with Gasteiger partial charge in [0.15, 0.2) is 0 Å². The van der Waals surface area contributed by atoms with Crippen molar-refractivity contribution in [3.8, 4) is 11.5 Å². The summed E-state index contributed by atoms with van der Waals surface area (Å²) in [6, 6.07) is 9.77. The van der Waals surface area contributed by atoms with Crippen molar-refractivity contribution in [3.63, 3.8) is 0 Å². The number of halogens is 2. The predicted molar refractivity (Wildman–Crippen MR) is 88.9 cm³/mol. The van der Waals surface area contributed by atoms with Crippen LogP contribution in [0.2, 0.25) is 5.02 Å². The maximum Gasteiger partial charge on any atom is 0.271 e. The number of carbonyl (C=O) groups is 1. The highest BCUT2D eigenvalue weighted by molar-refractivity contribution is 9.10. The molecule has 0 bridgehead atoms. The highest BCUT2D eigenvalue weighted by Crippen LogP contribution is 2.30. The van der Waals surface area contributed by atoms with Gasteiger partial charge in [0.1, 0.15) is 11.5 Å². The zero-order chi connectivity index (χ0) is 16.1. The summed E-state index contributed by atoms with van der Waals surface area (Å²) in [5.74, 6) is 0.174. The van der Waals surface area contributed by atoms with Gasteiger partial charge in [-0.2, -0.15) is 5.10 Å². The number of aromatic hydroxyl groups is 1. The molecule has 114 valence electrons. The van der Waals surface area contributed by atoms with Gasteiger partial charge in [0.05, 0.1) is 17.8 Å². The van der Waals surface area contributed by atoms with Crippen LogP contribution in [0.5, 0.6) is 11.5 Å². The van der Waals surface area contributed by atoms with Crippen LogP contribution in [0.15, 0.2) is 46.0 Å². The van der Waals surface area contributed by atoms with Gasteiger partial charge >= 0.3 is 0 Å². The minimum atomic E-state index is -0.393. The van der Waals surface area contributed by atoms with Crippen LogP contribution >= 0.6 is 27.5 Å². The number of ether oxygens (including phenoxy) is 1. The van der Waals surface area contributed by atoms with Gasteiger partial charge in [-0.1, -0.05) is 17.7 Å². The van der Waals surface area contributed by atoms with Crippen molar-refractivity contribution in [2.45, 2.75) is 0 Å². The molecule has 0 fully saturated rings. The third-order valence-corrected chi connectivity index (χ3v) is 3.58. The Bertz CT molecular complexity index is 735. The molecule has 2 rings (SSSR count). The summed E-state index contributed by atoms with van der Waals surface area (Å²) in [6.07, 6.45) is 1.31. The summed E-state index contributed by atoms with van der Waals surface area (Å²) in [7, 11) is 1.52. The number of phenolic OH excluding ortho intramolecular Hbond substituents is 1. The first-order valence-electron chi connectivity index (χ1n) is 6.16. The summed E-state index contributed by atoms with van der Waals surface area (Å²) in [4.78, 5) is 11.9. The molecule has 0 aromatic heterocycles.